The van der Waals surface area contributed by atoms with Crippen molar-refractivity contribution in [3.8, 4) is 0 Å². The monoisotopic (exact) mass is 228 g/mol. The second-order valence-corrected chi connectivity index (χ2v) is 4.72. The summed E-state index contributed by atoms with van der Waals surface area (Å²) in [5.41, 5.74) is 0. The van der Waals surface area contributed by atoms with Crippen molar-refractivity contribution in [2.75, 3.05) is 20.1 Å². The topological polar surface area (TPSA) is 60.9 Å². The average Bonchev–Trinajstić information content (AvgIpc) is 2.19. The Morgan fingerprint density at radius 3 is 2.56 bits per heavy atom. The molecule has 1 heterocycles. The van der Waals surface area contributed by atoms with E-state index in [-0.39, 0.29) is 18.6 Å². The molecule has 1 saturated heterocycles. The van der Waals surface area contributed by atoms with E-state index in [1.807, 2.05) is 6.92 Å². The standard InChI is InChI=1S/C11H20N2O3/c1-8-4-5-9(2)13(6-8)11(16)12(3)7-10(14)15/h8-9H,4-7H2,1-3H3,(H,14,15). The van der Waals surface area contributed by atoms with Crippen molar-refractivity contribution in [1.82, 2.24) is 9.80 Å². The Bertz CT molecular complexity index is 280. The fraction of sp³-hybridized carbons (Fsp3) is 0.818. The molecule has 0 saturated carbocycles. The number of hydrogen-bond acceptors (Lipinski definition) is 2. The minimum absolute atomic E-state index is 0.179. The predicted molar refractivity (Wildman–Crippen MR) is 60.2 cm³/mol. The predicted octanol–water partition coefficient (Wildman–Crippen LogP) is 1.24. The van der Waals surface area contributed by atoms with Gasteiger partial charge in [-0.2, -0.15) is 0 Å². The molecule has 0 aromatic rings. The van der Waals surface area contributed by atoms with E-state index in [1.54, 1.807) is 4.90 Å². The Morgan fingerprint density at radius 1 is 1.38 bits per heavy atom. The zero-order chi connectivity index (χ0) is 12.3. The number of carbonyl (C=O) groups is 2. The van der Waals surface area contributed by atoms with Gasteiger partial charge in [-0.25, -0.2) is 4.79 Å². The second-order valence-electron chi connectivity index (χ2n) is 4.72. The number of likely N-dealkylation sites (tertiary alicyclic amines) is 1. The van der Waals surface area contributed by atoms with Crippen LogP contribution >= 0.6 is 0 Å². The van der Waals surface area contributed by atoms with E-state index in [1.165, 1.54) is 11.9 Å². The average molecular weight is 228 g/mol. The lowest BCUT2D eigenvalue weighted by Gasteiger charge is -2.38. The van der Waals surface area contributed by atoms with Crippen molar-refractivity contribution in [2.24, 2.45) is 5.92 Å². The molecular formula is C11H20N2O3. The fourth-order valence-corrected chi connectivity index (χ4v) is 2.04. The zero-order valence-corrected chi connectivity index (χ0v) is 10.1. The van der Waals surface area contributed by atoms with Crippen molar-refractivity contribution in [3.05, 3.63) is 0 Å². The summed E-state index contributed by atoms with van der Waals surface area (Å²) < 4.78 is 0. The third kappa shape index (κ3) is 3.12. The molecule has 2 atom stereocenters. The first-order valence-electron chi connectivity index (χ1n) is 5.65. The van der Waals surface area contributed by atoms with Gasteiger partial charge in [0.25, 0.3) is 0 Å². The highest BCUT2D eigenvalue weighted by molar-refractivity contribution is 5.80. The highest BCUT2D eigenvalue weighted by Gasteiger charge is 2.29. The lowest BCUT2D eigenvalue weighted by atomic mass is 9.95. The van der Waals surface area contributed by atoms with Crippen LogP contribution in [0.25, 0.3) is 0 Å². The molecule has 0 aromatic carbocycles. The molecule has 16 heavy (non-hydrogen) atoms. The SMILES string of the molecule is CC1CCC(C)N(C(=O)N(C)CC(=O)O)C1. The van der Waals surface area contributed by atoms with Gasteiger partial charge < -0.3 is 14.9 Å². The second kappa shape index (κ2) is 5.18. The number of amides is 2. The number of piperidine rings is 1. The minimum atomic E-state index is -0.978. The molecule has 1 rings (SSSR count). The Balaban J connectivity index is 2.60. The Hall–Kier alpha value is -1.26. The highest BCUT2D eigenvalue weighted by Crippen LogP contribution is 2.22. The van der Waals surface area contributed by atoms with Crippen LogP contribution in [0, 0.1) is 5.92 Å². The number of urea groups is 1. The Morgan fingerprint density at radius 2 is 2.00 bits per heavy atom. The summed E-state index contributed by atoms with van der Waals surface area (Å²) in [5.74, 6) is -0.480. The number of hydrogen-bond donors (Lipinski definition) is 1. The van der Waals surface area contributed by atoms with Gasteiger partial charge in [-0.05, 0) is 25.7 Å². The molecule has 1 N–H and O–H groups in total. The highest BCUT2D eigenvalue weighted by atomic mass is 16.4. The summed E-state index contributed by atoms with van der Waals surface area (Å²) in [6.07, 6.45) is 2.13. The third-order valence-electron chi connectivity index (χ3n) is 3.06. The number of likely N-dealkylation sites (N-methyl/N-ethyl adjacent to an activating group) is 1. The normalized spacial score (nSPS) is 25.3. The molecule has 0 spiro atoms. The van der Waals surface area contributed by atoms with E-state index in [0.29, 0.717) is 5.92 Å². The minimum Gasteiger partial charge on any atom is -0.480 e. The van der Waals surface area contributed by atoms with Crippen molar-refractivity contribution in [3.63, 3.8) is 0 Å². The first-order valence-corrected chi connectivity index (χ1v) is 5.65. The van der Waals surface area contributed by atoms with Crippen LogP contribution in [0.15, 0.2) is 0 Å². The van der Waals surface area contributed by atoms with Crippen LogP contribution in [0.4, 0.5) is 4.79 Å². The summed E-state index contributed by atoms with van der Waals surface area (Å²) in [4.78, 5) is 25.5. The molecule has 5 nitrogen and oxygen atoms in total. The van der Waals surface area contributed by atoms with Crippen molar-refractivity contribution < 1.29 is 14.7 Å². The van der Waals surface area contributed by atoms with Crippen LogP contribution < -0.4 is 0 Å². The maximum absolute atomic E-state index is 12.0. The lowest BCUT2D eigenvalue weighted by Crippen LogP contribution is -2.50. The van der Waals surface area contributed by atoms with Crippen LogP contribution in [0.3, 0.4) is 0 Å². The van der Waals surface area contributed by atoms with Gasteiger partial charge in [-0.15, -0.1) is 0 Å². The third-order valence-corrected chi connectivity index (χ3v) is 3.06. The maximum atomic E-state index is 12.0. The molecular weight excluding hydrogens is 208 g/mol. The van der Waals surface area contributed by atoms with E-state index in [2.05, 4.69) is 6.92 Å². The van der Waals surface area contributed by atoms with E-state index in [0.717, 1.165) is 19.4 Å². The first kappa shape index (κ1) is 12.8. The van der Waals surface area contributed by atoms with Gasteiger partial charge >= 0.3 is 12.0 Å². The number of carbonyl (C=O) groups excluding carboxylic acids is 1. The maximum Gasteiger partial charge on any atom is 0.323 e. The summed E-state index contributed by atoms with van der Waals surface area (Å²) >= 11 is 0. The van der Waals surface area contributed by atoms with E-state index >= 15 is 0 Å². The number of carboxylic acid groups (broad SMARTS) is 1. The van der Waals surface area contributed by atoms with Crippen molar-refractivity contribution in [2.45, 2.75) is 32.7 Å². The molecule has 0 aliphatic carbocycles. The molecule has 1 aliphatic heterocycles. The largest absolute Gasteiger partial charge is 0.480 e. The molecule has 92 valence electrons. The number of aliphatic carboxylic acids is 1. The van der Waals surface area contributed by atoms with Crippen molar-refractivity contribution >= 4 is 12.0 Å². The molecule has 1 fully saturated rings. The van der Waals surface area contributed by atoms with Crippen LogP contribution in [0.2, 0.25) is 0 Å². The number of rotatable bonds is 2. The molecule has 5 heteroatoms. The van der Waals surface area contributed by atoms with Crippen molar-refractivity contribution in [1.29, 1.82) is 0 Å². The van der Waals surface area contributed by atoms with Gasteiger partial charge in [0.1, 0.15) is 6.54 Å². The van der Waals surface area contributed by atoms with Crippen LogP contribution in [-0.4, -0.2) is 53.1 Å². The van der Waals surface area contributed by atoms with E-state index in [9.17, 15) is 9.59 Å². The van der Waals surface area contributed by atoms with Crippen LogP contribution in [0.5, 0.6) is 0 Å². The summed E-state index contributed by atoms with van der Waals surface area (Å²) in [5, 5.41) is 8.64. The number of carboxylic acids is 1. The Kier molecular flexibility index (Phi) is 4.15. The Labute approximate surface area is 96.0 Å². The molecule has 0 aromatic heterocycles. The van der Waals surface area contributed by atoms with Gasteiger partial charge in [0.2, 0.25) is 0 Å². The summed E-state index contributed by atoms with van der Waals surface area (Å²) in [6.45, 7) is 4.61. The number of nitrogens with zero attached hydrogens (tertiary/aromatic N) is 2. The lowest BCUT2D eigenvalue weighted by molar-refractivity contribution is -0.137. The fourth-order valence-electron chi connectivity index (χ4n) is 2.04. The van der Waals surface area contributed by atoms with Crippen LogP contribution in [0.1, 0.15) is 26.7 Å². The summed E-state index contributed by atoms with van der Waals surface area (Å²) in [6, 6.07) is 0.0291. The van der Waals surface area contributed by atoms with Gasteiger partial charge in [-0.1, -0.05) is 6.92 Å². The van der Waals surface area contributed by atoms with Crippen LogP contribution in [-0.2, 0) is 4.79 Å². The molecule has 0 bridgehead atoms. The molecule has 0 radical (unpaired) electrons. The molecule has 2 unspecified atom stereocenters. The van der Waals surface area contributed by atoms with E-state index < -0.39 is 5.97 Å². The first-order chi connectivity index (χ1) is 7.41. The van der Waals surface area contributed by atoms with Gasteiger partial charge in [-0.3, -0.25) is 4.79 Å². The van der Waals surface area contributed by atoms with Gasteiger partial charge in [0.15, 0.2) is 0 Å². The van der Waals surface area contributed by atoms with E-state index in [4.69, 9.17) is 5.11 Å². The van der Waals surface area contributed by atoms with Gasteiger partial charge in [0.05, 0.1) is 0 Å². The smallest absolute Gasteiger partial charge is 0.323 e. The summed E-state index contributed by atoms with van der Waals surface area (Å²) in [7, 11) is 1.53. The quantitative estimate of drug-likeness (QED) is 0.773. The molecule has 1 aliphatic rings. The molecule has 2 amide bonds. The zero-order valence-electron chi connectivity index (χ0n) is 10.1. The van der Waals surface area contributed by atoms with Gasteiger partial charge in [0, 0.05) is 19.6 Å².